The lowest BCUT2D eigenvalue weighted by Crippen LogP contribution is -2.27. The van der Waals surface area contributed by atoms with Crippen LogP contribution in [-0.4, -0.2) is 77.9 Å². The molecule has 14 heteroatoms. The van der Waals surface area contributed by atoms with Gasteiger partial charge in [-0.1, -0.05) is 5.11 Å². The number of carbonyl (C=O) groups excluding carboxylic acids is 4. The molecule has 0 bridgehead atoms. The van der Waals surface area contributed by atoms with E-state index >= 15 is 0 Å². The predicted molar refractivity (Wildman–Crippen MR) is 139 cm³/mol. The molecule has 2 aromatic heterocycles. The van der Waals surface area contributed by atoms with Crippen molar-refractivity contribution < 1.29 is 33.8 Å². The van der Waals surface area contributed by atoms with Crippen molar-refractivity contribution in [2.75, 3.05) is 49.3 Å². The van der Waals surface area contributed by atoms with Gasteiger partial charge in [0.05, 0.1) is 24.2 Å². The number of rotatable bonds is 5. The maximum Gasteiger partial charge on any atom is 0.228 e. The molecule has 4 aliphatic rings. The number of ether oxygens (including phenoxy) is 2. The van der Waals surface area contributed by atoms with Crippen molar-refractivity contribution in [2.45, 2.75) is 25.7 Å². The van der Waals surface area contributed by atoms with Crippen molar-refractivity contribution >= 4 is 35.0 Å². The number of hydrogen-bond acceptors (Lipinski definition) is 10. The van der Waals surface area contributed by atoms with E-state index in [1.807, 2.05) is 0 Å². The van der Waals surface area contributed by atoms with Gasteiger partial charge in [-0.25, -0.2) is 9.97 Å². The zero-order valence-electron chi connectivity index (χ0n) is 21.6. The van der Waals surface area contributed by atoms with Gasteiger partial charge >= 0.3 is 0 Å². The molecular formula is C26H27N7O7. The smallest absolute Gasteiger partial charge is 0.228 e. The quantitative estimate of drug-likeness (QED) is 0.324. The summed E-state index contributed by atoms with van der Waals surface area (Å²) in [6.07, 6.45) is 1.15. The van der Waals surface area contributed by atoms with Crippen molar-refractivity contribution in [3.8, 4) is 11.5 Å². The van der Waals surface area contributed by atoms with Crippen LogP contribution in [0.2, 0.25) is 0 Å². The summed E-state index contributed by atoms with van der Waals surface area (Å²) in [6, 6.07) is 6.90. The Morgan fingerprint density at radius 1 is 0.850 bits per heavy atom. The van der Waals surface area contributed by atoms with Crippen LogP contribution in [-0.2, 0) is 32.0 Å². The number of anilines is 2. The van der Waals surface area contributed by atoms with Crippen LogP contribution in [0.4, 0.5) is 11.6 Å². The summed E-state index contributed by atoms with van der Waals surface area (Å²) in [5.74, 6) is 2.06. The molecule has 0 unspecified atom stereocenters. The molecule has 6 heterocycles. The minimum atomic E-state index is -0.0522. The van der Waals surface area contributed by atoms with E-state index < -0.39 is 0 Å². The van der Waals surface area contributed by atoms with Crippen molar-refractivity contribution in [3.05, 3.63) is 46.1 Å². The molecular weight excluding hydrogens is 522 g/mol. The highest BCUT2D eigenvalue weighted by Crippen LogP contribution is 2.30. The molecule has 6 rings (SSSR count). The molecule has 2 amide bonds. The summed E-state index contributed by atoms with van der Waals surface area (Å²) >= 11 is 0. The molecule has 1 N–H and O–H groups in total. The molecule has 2 atom stereocenters. The third kappa shape index (κ3) is 5.87. The summed E-state index contributed by atoms with van der Waals surface area (Å²) in [5, 5.41) is 12.6. The zero-order valence-corrected chi connectivity index (χ0v) is 21.6. The second-order valence-corrected chi connectivity index (χ2v) is 9.98. The van der Waals surface area contributed by atoms with Gasteiger partial charge < -0.3 is 14.6 Å². The zero-order chi connectivity index (χ0) is 28.2. The first-order valence-electron chi connectivity index (χ1n) is 12.9. The molecule has 40 heavy (non-hydrogen) atoms. The fraction of sp³-hybridized carbons (Fsp3) is 0.462. The number of hydrogen-bond donors (Lipinski definition) is 1. The Bertz CT molecular complexity index is 1410. The van der Waals surface area contributed by atoms with Gasteiger partial charge in [-0.3, -0.25) is 29.0 Å². The van der Waals surface area contributed by atoms with E-state index in [9.17, 15) is 19.2 Å². The molecule has 0 radical (unpaired) electrons. The van der Waals surface area contributed by atoms with Crippen molar-refractivity contribution in [1.29, 1.82) is 0 Å². The number of carbonyl (C=O) groups is 4. The largest absolute Gasteiger partial charge is 0.484 e. The van der Waals surface area contributed by atoms with Crippen LogP contribution in [0.15, 0.2) is 29.4 Å². The molecule has 0 aromatic carbocycles. The molecule has 4 aliphatic heterocycles. The Morgan fingerprint density at radius 3 is 1.82 bits per heavy atom. The molecule has 2 fully saturated rings. The van der Waals surface area contributed by atoms with Gasteiger partial charge in [-0.05, 0) is 35.7 Å². The van der Waals surface area contributed by atoms with Gasteiger partial charge in [0.1, 0.15) is 36.3 Å². The summed E-state index contributed by atoms with van der Waals surface area (Å²) < 4.78 is 10.6. The van der Waals surface area contributed by atoms with Crippen molar-refractivity contribution in [1.82, 2.24) is 9.97 Å². The van der Waals surface area contributed by atoms with Crippen LogP contribution >= 0.6 is 0 Å². The molecule has 14 nitrogen and oxygen atoms in total. The highest BCUT2D eigenvalue weighted by atomic mass is 16.5. The number of aliphatic hydroxyl groups excluding tert-OH is 1. The minimum absolute atomic E-state index is 0.00381. The minimum Gasteiger partial charge on any atom is -0.484 e. The van der Waals surface area contributed by atoms with Gasteiger partial charge in [0.15, 0.2) is 11.6 Å². The number of Topliss-reactive ketones (excluding diaryl/α,β-unsaturated/α-hetero) is 2. The van der Waals surface area contributed by atoms with Gasteiger partial charge in [-0.2, -0.15) is 0 Å². The second kappa shape index (κ2) is 11.7. The fourth-order valence-corrected chi connectivity index (χ4v) is 4.97. The number of fused-ring (bicyclic) bond motifs is 2. The van der Waals surface area contributed by atoms with E-state index in [1.165, 1.54) is 0 Å². The van der Waals surface area contributed by atoms with Crippen molar-refractivity contribution in [2.24, 2.45) is 17.0 Å². The monoisotopic (exact) mass is 549 g/mol. The standard InChI is InChI=1S/C13H13N5O3.C13H14N2O4/c14-17-15-5-8-3-13(20)18(6-8)12-2-1-11-10(16-12)4-9(19)7-21-11;16-6-8-3-13(18)15(5-8)12-2-1-11-10(14-12)4-9(17)7-19-11/h1-2,8H,3-7H2;1-2,8,16H,3-7H2/t2*8-/m10/s1. The molecule has 208 valence electrons. The summed E-state index contributed by atoms with van der Waals surface area (Å²) in [6.45, 7) is 1.39. The first kappa shape index (κ1) is 27.0. The lowest BCUT2D eigenvalue weighted by Gasteiger charge is -2.20. The van der Waals surface area contributed by atoms with Gasteiger partial charge in [0.25, 0.3) is 0 Å². The number of amides is 2. The van der Waals surface area contributed by atoms with Gasteiger partial charge in [0, 0.05) is 49.9 Å². The molecule has 0 saturated carbocycles. The van der Waals surface area contributed by atoms with E-state index in [0.717, 1.165) is 0 Å². The van der Waals surface area contributed by atoms with Crippen LogP contribution in [0.25, 0.3) is 10.4 Å². The van der Waals surface area contributed by atoms with Crippen LogP contribution < -0.4 is 19.3 Å². The lowest BCUT2D eigenvalue weighted by molar-refractivity contribution is -0.122. The first-order chi connectivity index (χ1) is 19.3. The summed E-state index contributed by atoms with van der Waals surface area (Å²) in [4.78, 5) is 61.2. The Morgan fingerprint density at radius 2 is 1.35 bits per heavy atom. The topological polar surface area (TPSA) is 188 Å². The van der Waals surface area contributed by atoms with Crippen LogP contribution in [0.5, 0.6) is 11.5 Å². The molecule has 2 aromatic rings. The third-order valence-electron chi connectivity index (χ3n) is 6.97. The second-order valence-electron chi connectivity index (χ2n) is 9.98. The highest BCUT2D eigenvalue weighted by molar-refractivity contribution is 5.96. The fourth-order valence-electron chi connectivity index (χ4n) is 4.97. The Hall–Kier alpha value is -4.55. The number of nitrogens with zero attached hydrogens (tertiary/aromatic N) is 7. The third-order valence-corrected chi connectivity index (χ3v) is 6.97. The van der Waals surface area contributed by atoms with E-state index in [4.69, 9.17) is 20.1 Å². The molecule has 0 aliphatic carbocycles. The lowest BCUT2D eigenvalue weighted by atomic mass is 10.1. The van der Waals surface area contributed by atoms with Gasteiger partial charge in [0.2, 0.25) is 11.8 Å². The Kier molecular flexibility index (Phi) is 7.89. The molecule has 0 spiro atoms. The number of azide groups is 1. The van der Waals surface area contributed by atoms with Crippen LogP contribution in [0.1, 0.15) is 24.2 Å². The highest BCUT2D eigenvalue weighted by Gasteiger charge is 2.33. The van der Waals surface area contributed by atoms with E-state index in [2.05, 4.69) is 20.0 Å². The maximum absolute atomic E-state index is 12.0. The number of ketones is 2. The first-order valence-corrected chi connectivity index (χ1v) is 12.9. The van der Waals surface area contributed by atoms with E-state index in [0.29, 0.717) is 67.0 Å². The Balaban J connectivity index is 0.000000162. The van der Waals surface area contributed by atoms with Gasteiger partial charge in [-0.15, -0.1) is 0 Å². The van der Waals surface area contributed by atoms with E-state index in [1.54, 1.807) is 34.1 Å². The average molecular weight is 550 g/mol. The maximum atomic E-state index is 12.0. The summed E-state index contributed by atoms with van der Waals surface area (Å²) in [7, 11) is 0. The number of pyridine rings is 2. The van der Waals surface area contributed by atoms with E-state index in [-0.39, 0.29) is 67.9 Å². The van der Waals surface area contributed by atoms with Crippen LogP contribution in [0, 0.1) is 11.8 Å². The normalized spacial score (nSPS) is 21.5. The Labute approximate surface area is 228 Å². The summed E-state index contributed by atoms with van der Waals surface area (Å²) in [5.41, 5.74) is 9.48. The molecule has 2 saturated heterocycles. The average Bonchev–Trinajstić information content (AvgIpc) is 3.52. The van der Waals surface area contributed by atoms with Crippen LogP contribution in [0.3, 0.4) is 0 Å². The van der Waals surface area contributed by atoms with Crippen molar-refractivity contribution in [3.63, 3.8) is 0 Å². The SMILES string of the molecule is O=C1COc2ccc(N3C[C@@H](CO)CC3=O)nc2C1.[N-]=[N+]=NC[C@H]1CC(=O)N(c2ccc3c(n2)CC(=O)CO3)C1. The number of aliphatic hydroxyl groups is 1. The predicted octanol–water partition coefficient (Wildman–Crippen LogP) is 1.18. The number of aromatic nitrogens is 2.